The van der Waals surface area contributed by atoms with Crippen LogP contribution in [0.15, 0.2) is 191 Å². The minimum atomic E-state index is -3.56. The van der Waals surface area contributed by atoms with Crippen LogP contribution in [0.4, 0.5) is 0 Å². The number of hydrogen-bond donors (Lipinski definition) is 5. The lowest BCUT2D eigenvalue weighted by atomic mass is 9.94. The number of nitrogens with two attached hydrogens (primary N) is 2. The summed E-state index contributed by atoms with van der Waals surface area (Å²) in [7, 11) is -3.56. The lowest BCUT2D eigenvalue weighted by Crippen LogP contribution is -2.12. The van der Waals surface area contributed by atoms with Crippen molar-refractivity contribution in [1.29, 1.82) is 0 Å². The van der Waals surface area contributed by atoms with E-state index in [1.807, 2.05) is 120 Å². The SMILES string of the molecule is CC(C)C1=CC=CCC1=O.CC(C)C1=CCC(=O)C=C1.CC(C)c1cc[nH]c(=O)c1.CC(C)c1ccc2c(c1)C(=O)NC2.CC(C)c1cccc(C(=O)O)c1.CC(C)c1cccc(C(N)=O)c1.CC(C)c1cccc(S(N)(=O)=O)c1.Cc1cccc(C(C)C)c1. The maximum Gasteiger partial charge on any atom is 0.335 e. The number of aromatic carboxylic acids is 1. The van der Waals surface area contributed by atoms with Crippen molar-refractivity contribution in [1.82, 2.24) is 10.3 Å². The number of sulfonamides is 1. The number of ketones is 2. The van der Waals surface area contributed by atoms with Gasteiger partial charge in [-0.15, -0.1) is 0 Å². The molecule has 484 valence electrons. The molecule has 0 spiro atoms. The highest BCUT2D eigenvalue weighted by atomic mass is 32.2. The van der Waals surface area contributed by atoms with E-state index in [4.69, 9.17) is 16.0 Å². The van der Waals surface area contributed by atoms with Crippen molar-refractivity contribution in [3.63, 3.8) is 0 Å². The van der Waals surface area contributed by atoms with Crippen molar-refractivity contribution in [3.05, 3.63) is 253 Å². The third kappa shape index (κ3) is 28.9. The van der Waals surface area contributed by atoms with E-state index in [0.29, 0.717) is 77.9 Å². The van der Waals surface area contributed by atoms with Crippen molar-refractivity contribution in [2.24, 2.45) is 22.7 Å². The third-order valence-electron chi connectivity index (χ3n) is 14.5. The Kier molecular flexibility index (Phi) is 33.6. The van der Waals surface area contributed by atoms with E-state index in [2.05, 4.69) is 117 Å². The molecule has 13 nitrogen and oxygen atoms in total. The lowest BCUT2D eigenvalue weighted by Gasteiger charge is -2.10. The van der Waals surface area contributed by atoms with Gasteiger partial charge in [0.1, 0.15) is 0 Å². The molecule has 14 heteroatoms. The Balaban J connectivity index is 0.000000351. The zero-order chi connectivity index (χ0) is 68.0. The minimum absolute atomic E-state index is 0.0220. The number of aromatic amines is 1. The number of fused-ring (bicyclic) bond motifs is 1. The molecule has 9 rings (SSSR count). The number of allylic oxidation sites excluding steroid dienone is 8. The molecule has 2 heterocycles. The van der Waals surface area contributed by atoms with Gasteiger partial charge >= 0.3 is 5.97 Å². The van der Waals surface area contributed by atoms with Crippen LogP contribution in [0.5, 0.6) is 0 Å². The Morgan fingerprint density at radius 2 is 1.02 bits per heavy atom. The van der Waals surface area contributed by atoms with Gasteiger partial charge in [-0.3, -0.25) is 24.0 Å². The summed E-state index contributed by atoms with van der Waals surface area (Å²) >= 11 is 0. The summed E-state index contributed by atoms with van der Waals surface area (Å²) in [4.78, 5) is 68.0. The second-order valence-electron chi connectivity index (χ2n) is 24.7. The van der Waals surface area contributed by atoms with Crippen molar-refractivity contribution in [2.45, 2.75) is 177 Å². The summed E-state index contributed by atoms with van der Waals surface area (Å²) in [6.07, 6.45) is 14.2. The number of carbonyl (C=O) groups is 5. The number of Topliss-reactive ketones (excluding diaryl/α,β-unsaturated/α-hetero) is 1. The number of H-pyrrole nitrogens is 1. The smallest absolute Gasteiger partial charge is 0.335 e. The van der Waals surface area contributed by atoms with Gasteiger partial charge < -0.3 is 21.1 Å². The number of pyridine rings is 1. The number of carboxylic acid groups (broad SMARTS) is 1. The van der Waals surface area contributed by atoms with Gasteiger partial charge in [-0.1, -0.05) is 220 Å². The second-order valence-corrected chi connectivity index (χ2v) is 26.2. The summed E-state index contributed by atoms with van der Waals surface area (Å²) in [5.41, 5.74) is 18.6. The summed E-state index contributed by atoms with van der Waals surface area (Å²) in [5.74, 6) is 2.94. The molecule has 0 saturated heterocycles. The van der Waals surface area contributed by atoms with Gasteiger partial charge in [-0.25, -0.2) is 18.4 Å². The van der Waals surface area contributed by atoms with Crippen LogP contribution in [0, 0.1) is 18.8 Å². The molecule has 0 fully saturated rings. The van der Waals surface area contributed by atoms with Gasteiger partial charge in [0, 0.05) is 42.8 Å². The molecule has 3 aliphatic rings. The zero-order valence-electron chi connectivity index (χ0n) is 56.2. The molecular formula is C76H100N4O9S. The average Bonchev–Trinajstić information content (AvgIpc) is 1.93. The largest absolute Gasteiger partial charge is 0.478 e. The standard InChI is InChI=1S/C11H13NO.C10H13NO.C10H12O2.C10H14.C9H13NO2S.2C9H12O.C8H11NO/c1-7(2)8-3-4-9-6-12-11(13)10(9)5-8;2*1-7(2)8-4-3-5-9(6-8)10(11)12;1-8(2)10-6-4-5-9(3)7-10;1-7(2)8-4-3-5-9(6-8)13(10,11)12;1-7(2)8-3-5-9(10)6-4-8;1-7(2)8-5-3-4-6-9(8)10;1-6(2)7-3-4-9-8(10)5-7/h3-5,7H,6H2,1-2H3,(H,12,13);3-7H,1-2H3,(H2,11,12);3-7H,1-2H3,(H,11,12);4-8H,1-3H3;3-7H,1-2H3,(H2,10,11,12);2*3-5,7H,6H2,1-2H3;3-6H,1-2H3,(H,9,10). The molecule has 2 aliphatic carbocycles. The number of aryl methyl sites for hydroxylation is 1. The predicted octanol–water partition coefficient (Wildman–Crippen LogP) is 16.7. The number of aromatic nitrogens is 1. The van der Waals surface area contributed by atoms with Crippen LogP contribution in [0.1, 0.15) is 235 Å². The number of primary amides is 1. The van der Waals surface area contributed by atoms with Gasteiger partial charge in [0.15, 0.2) is 11.6 Å². The van der Waals surface area contributed by atoms with Crippen LogP contribution in [-0.2, 0) is 26.2 Å². The number of benzene rings is 5. The number of carbonyl (C=O) groups excluding carboxylic acids is 4. The fraction of sp³-hybridized carbons (Fsp3) is 0.368. The first-order valence-corrected chi connectivity index (χ1v) is 32.5. The molecule has 0 unspecified atom stereocenters. The zero-order valence-corrected chi connectivity index (χ0v) is 57.0. The van der Waals surface area contributed by atoms with Crippen LogP contribution >= 0.6 is 0 Å². The van der Waals surface area contributed by atoms with E-state index in [-0.39, 0.29) is 33.8 Å². The molecule has 5 aromatic carbocycles. The summed E-state index contributed by atoms with van der Waals surface area (Å²) in [5, 5.41) is 16.5. The number of carboxylic acids is 1. The Morgan fingerprint density at radius 3 is 1.44 bits per heavy atom. The number of amides is 2. The molecule has 7 N–H and O–H groups in total. The lowest BCUT2D eigenvalue weighted by molar-refractivity contribution is -0.115. The van der Waals surface area contributed by atoms with Crippen LogP contribution in [0.2, 0.25) is 0 Å². The highest BCUT2D eigenvalue weighted by Crippen LogP contribution is 2.23. The van der Waals surface area contributed by atoms with E-state index in [1.165, 1.54) is 28.3 Å². The third-order valence-corrected chi connectivity index (χ3v) is 15.4. The number of rotatable bonds is 11. The van der Waals surface area contributed by atoms with Crippen LogP contribution in [0.25, 0.3) is 0 Å². The van der Waals surface area contributed by atoms with Crippen molar-refractivity contribution < 1.29 is 37.5 Å². The van der Waals surface area contributed by atoms with Crippen LogP contribution < -0.4 is 21.7 Å². The van der Waals surface area contributed by atoms with Crippen molar-refractivity contribution >= 4 is 39.4 Å². The van der Waals surface area contributed by atoms with Gasteiger partial charge in [0.05, 0.1) is 10.5 Å². The maximum absolute atomic E-state index is 11.3. The molecule has 0 saturated carbocycles. The second kappa shape index (κ2) is 38.9. The van der Waals surface area contributed by atoms with Crippen LogP contribution in [0.3, 0.4) is 0 Å². The first-order valence-electron chi connectivity index (χ1n) is 31.0. The molecule has 2 amide bonds. The summed E-state index contributed by atoms with van der Waals surface area (Å²) in [6, 6.07) is 39.5. The number of nitrogens with one attached hydrogen (secondary N) is 2. The van der Waals surface area contributed by atoms with Gasteiger partial charge in [0.25, 0.3) is 5.91 Å². The summed E-state index contributed by atoms with van der Waals surface area (Å²) < 4.78 is 22.0. The Hall–Kier alpha value is -8.33. The summed E-state index contributed by atoms with van der Waals surface area (Å²) in [6.45, 7) is 36.3. The van der Waals surface area contributed by atoms with E-state index in [0.717, 1.165) is 39.0 Å². The molecular weight excluding hydrogens is 1140 g/mol. The maximum atomic E-state index is 11.3. The van der Waals surface area contributed by atoms with Crippen molar-refractivity contribution in [3.8, 4) is 0 Å². The monoisotopic (exact) mass is 1240 g/mol. The van der Waals surface area contributed by atoms with Gasteiger partial charge in [-0.05, 0) is 159 Å². The topological polar surface area (TPSA) is 237 Å². The van der Waals surface area contributed by atoms with Gasteiger partial charge in [0.2, 0.25) is 21.5 Å². The molecule has 6 aromatic rings. The molecule has 90 heavy (non-hydrogen) atoms. The fourth-order valence-corrected chi connectivity index (χ4v) is 9.18. The van der Waals surface area contributed by atoms with Gasteiger partial charge in [-0.2, -0.15) is 0 Å². The first kappa shape index (κ1) is 77.8. The van der Waals surface area contributed by atoms with E-state index < -0.39 is 16.0 Å². The van der Waals surface area contributed by atoms with E-state index >= 15 is 0 Å². The molecule has 0 bridgehead atoms. The molecule has 1 aliphatic heterocycles. The van der Waals surface area contributed by atoms with Crippen molar-refractivity contribution in [2.75, 3.05) is 0 Å². The number of primary sulfonamides is 1. The average molecular weight is 1250 g/mol. The molecule has 1 aromatic heterocycles. The normalized spacial score (nSPS) is 12.8. The molecule has 0 radical (unpaired) electrons. The quantitative estimate of drug-likeness (QED) is 0.0828. The Morgan fingerprint density at radius 1 is 0.533 bits per heavy atom. The number of hydrogen-bond acceptors (Lipinski definition) is 8. The van der Waals surface area contributed by atoms with E-state index in [1.54, 1.807) is 54.7 Å². The fourth-order valence-electron chi connectivity index (χ4n) is 8.62. The Bertz CT molecular complexity index is 3550. The highest BCUT2D eigenvalue weighted by molar-refractivity contribution is 7.89. The van der Waals surface area contributed by atoms with E-state index in [9.17, 15) is 37.2 Å². The highest BCUT2D eigenvalue weighted by Gasteiger charge is 2.19. The first-order chi connectivity index (χ1) is 42.1. The van der Waals surface area contributed by atoms with Crippen LogP contribution in [-0.4, -0.2) is 47.9 Å². The predicted molar refractivity (Wildman–Crippen MR) is 370 cm³/mol. The molecule has 0 atom stereocenters. The minimum Gasteiger partial charge on any atom is -0.478 e. The Labute approximate surface area is 537 Å².